The summed E-state index contributed by atoms with van der Waals surface area (Å²) in [5, 5.41) is 8.73. The topological polar surface area (TPSA) is 36.7 Å². The van der Waals surface area contributed by atoms with Crippen molar-refractivity contribution in [1.82, 2.24) is 4.98 Å². The molecular weight excluding hydrogens is 155 g/mol. The molecule has 1 aromatic rings. The van der Waals surface area contributed by atoms with Gasteiger partial charge in [0.25, 0.3) is 0 Å². The third-order valence-electron chi connectivity index (χ3n) is 1.64. The van der Waals surface area contributed by atoms with E-state index in [0.29, 0.717) is 5.69 Å². The van der Waals surface area contributed by atoms with Crippen LogP contribution in [0.1, 0.15) is 19.5 Å². The molecular formula is C9H9FN2. The van der Waals surface area contributed by atoms with Crippen LogP contribution < -0.4 is 0 Å². The molecule has 3 heteroatoms. The van der Waals surface area contributed by atoms with Crippen molar-refractivity contribution in [2.24, 2.45) is 0 Å². The molecule has 0 spiro atoms. The number of hydrogen-bond donors (Lipinski definition) is 0. The highest BCUT2D eigenvalue weighted by Gasteiger charge is 2.21. The molecule has 62 valence electrons. The second-order valence-electron chi connectivity index (χ2n) is 3.10. The highest BCUT2D eigenvalue weighted by molar-refractivity contribution is 5.23. The molecule has 0 N–H and O–H groups in total. The number of hydrogen-bond acceptors (Lipinski definition) is 2. The Morgan fingerprint density at radius 3 is 2.75 bits per heavy atom. The van der Waals surface area contributed by atoms with E-state index < -0.39 is 5.41 Å². The van der Waals surface area contributed by atoms with Gasteiger partial charge in [0.05, 0.1) is 17.2 Å². The molecule has 2 nitrogen and oxygen atoms in total. The minimum Gasteiger partial charge on any atom is -0.259 e. The van der Waals surface area contributed by atoms with Gasteiger partial charge in [-0.2, -0.15) is 5.26 Å². The molecule has 0 fully saturated rings. The van der Waals surface area contributed by atoms with Gasteiger partial charge in [-0.15, -0.1) is 0 Å². The Kier molecular flexibility index (Phi) is 2.09. The van der Waals surface area contributed by atoms with Crippen LogP contribution in [0.4, 0.5) is 4.39 Å². The van der Waals surface area contributed by atoms with E-state index in [2.05, 4.69) is 11.1 Å². The van der Waals surface area contributed by atoms with Crippen molar-refractivity contribution in [2.75, 3.05) is 0 Å². The molecule has 0 aliphatic rings. The van der Waals surface area contributed by atoms with Crippen LogP contribution in [-0.2, 0) is 5.41 Å². The third kappa shape index (κ3) is 1.59. The van der Waals surface area contributed by atoms with E-state index in [1.807, 2.05) is 0 Å². The summed E-state index contributed by atoms with van der Waals surface area (Å²) in [7, 11) is 0. The largest absolute Gasteiger partial charge is 0.259 e. The first-order valence-corrected chi connectivity index (χ1v) is 3.59. The Balaban J connectivity index is 3.14. The monoisotopic (exact) mass is 164 g/mol. The lowest BCUT2D eigenvalue weighted by atomic mass is 9.91. The van der Waals surface area contributed by atoms with Gasteiger partial charge >= 0.3 is 0 Å². The van der Waals surface area contributed by atoms with Gasteiger partial charge in [0, 0.05) is 6.20 Å². The Hall–Kier alpha value is -1.43. The molecule has 0 aromatic carbocycles. The van der Waals surface area contributed by atoms with Gasteiger partial charge in [-0.25, -0.2) is 4.39 Å². The van der Waals surface area contributed by atoms with Gasteiger partial charge in [-0.1, -0.05) is 0 Å². The van der Waals surface area contributed by atoms with Crippen molar-refractivity contribution < 1.29 is 4.39 Å². The highest BCUT2D eigenvalue weighted by atomic mass is 19.1. The Labute approximate surface area is 70.7 Å². The van der Waals surface area contributed by atoms with Crippen molar-refractivity contribution in [3.8, 4) is 6.07 Å². The minimum absolute atomic E-state index is 0.358. The van der Waals surface area contributed by atoms with E-state index in [0.717, 1.165) is 0 Å². The molecule has 1 aromatic heterocycles. The Bertz CT molecular complexity index is 326. The van der Waals surface area contributed by atoms with E-state index in [1.165, 1.54) is 18.3 Å². The number of pyridine rings is 1. The number of aromatic nitrogens is 1. The predicted molar refractivity (Wildman–Crippen MR) is 42.8 cm³/mol. The summed E-state index contributed by atoms with van der Waals surface area (Å²) in [5.41, 5.74) is -0.257. The molecule has 0 bridgehead atoms. The van der Waals surface area contributed by atoms with Crippen molar-refractivity contribution in [2.45, 2.75) is 19.3 Å². The van der Waals surface area contributed by atoms with Crippen molar-refractivity contribution in [3.05, 3.63) is 29.8 Å². The molecule has 0 aliphatic heterocycles. The van der Waals surface area contributed by atoms with Crippen LogP contribution in [0.3, 0.4) is 0 Å². The quantitative estimate of drug-likeness (QED) is 0.636. The van der Waals surface area contributed by atoms with E-state index in [-0.39, 0.29) is 5.82 Å². The maximum absolute atomic E-state index is 12.7. The van der Waals surface area contributed by atoms with Crippen LogP contribution in [0.2, 0.25) is 0 Å². The normalized spacial score (nSPS) is 10.8. The molecule has 0 saturated carbocycles. The van der Waals surface area contributed by atoms with Crippen LogP contribution in [0.15, 0.2) is 18.3 Å². The fraction of sp³-hybridized carbons (Fsp3) is 0.333. The molecule has 0 unspecified atom stereocenters. The first kappa shape index (κ1) is 8.66. The van der Waals surface area contributed by atoms with E-state index in [4.69, 9.17) is 5.26 Å². The lowest BCUT2D eigenvalue weighted by Gasteiger charge is -2.13. The molecule has 0 radical (unpaired) electrons. The van der Waals surface area contributed by atoms with Crippen LogP contribution in [-0.4, -0.2) is 4.98 Å². The zero-order chi connectivity index (χ0) is 9.19. The SMILES string of the molecule is CC(C)(C#N)c1cc(F)ccn1. The molecule has 0 saturated heterocycles. The molecule has 1 heterocycles. The summed E-state index contributed by atoms with van der Waals surface area (Å²) in [6.07, 6.45) is 1.36. The zero-order valence-electron chi connectivity index (χ0n) is 7.00. The second kappa shape index (κ2) is 2.90. The van der Waals surface area contributed by atoms with E-state index in [1.54, 1.807) is 13.8 Å². The molecule has 12 heavy (non-hydrogen) atoms. The van der Waals surface area contributed by atoms with Gasteiger partial charge in [0.1, 0.15) is 5.82 Å². The highest BCUT2D eigenvalue weighted by Crippen LogP contribution is 2.19. The van der Waals surface area contributed by atoms with Crippen molar-refractivity contribution >= 4 is 0 Å². The van der Waals surface area contributed by atoms with E-state index >= 15 is 0 Å². The molecule has 1 rings (SSSR count). The maximum Gasteiger partial charge on any atom is 0.126 e. The summed E-state index contributed by atoms with van der Waals surface area (Å²) in [4.78, 5) is 3.92. The minimum atomic E-state index is -0.720. The Morgan fingerprint density at radius 2 is 2.25 bits per heavy atom. The van der Waals surface area contributed by atoms with Crippen LogP contribution in [0.25, 0.3) is 0 Å². The molecule has 0 aliphatic carbocycles. The van der Waals surface area contributed by atoms with Crippen LogP contribution >= 0.6 is 0 Å². The summed E-state index contributed by atoms with van der Waals surface area (Å²) in [5.74, 6) is -0.358. The average molecular weight is 164 g/mol. The first-order chi connectivity index (χ1) is 5.56. The summed E-state index contributed by atoms with van der Waals surface area (Å²) < 4.78 is 12.7. The Morgan fingerprint density at radius 1 is 1.58 bits per heavy atom. The number of nitriles is 1. The predicted octanol–water partition coefficient (Wildman–Crippen LogP) is 2.02. The lowest BCUT2D eigenvalue weighted by molar-refractivity contribution is 0.600. The molecule has 0 amide bonds. The van der Waals surface area contributed by atoms with Crippen LogP contribution in [0.5, 0.6) is 0 Å². The van der Waals surface area contributed by atoms with Crippen LogP contribution in [0, 0.1) is 17.1 Å². The van der Waals surface area contributed by atoms with Gasteiger partial charge < -0.3 is 0 Å². The fourth-order valence-electron chi connectivity index (χ4n) is 0.804. The summed E-state index contributed by atoms with van der Waals surface area (Å²) in [6.45, 7) is 3.41. The average Bonchev–Trinajstić information content (AvgIpc) is 2.05. The molecule has 0 atom stereocenters. The van der Waals surface area contributed by atoms with E-state index in [9.17, 15) is 4.39 Å². The first-order valence-electron chi connectivity index (χ1n) is 3.59. The van der Waals surface area contributed by atoms with Gasteiger partial charge in [0.15, 0.2) is 0 Å². The number of nitrogens with zero attached hydrogens (tertiary/aromatic N) is 2. The summed E-state index contributed by atoms with van der Waals surface area (Å²) >= 11 is 0. The van der Waals surface area contributed by atoms with Gasteiger partial charge in [-0.05, 0) is 26.0 Å². The smallest absolute Gasteiger partial charge is 0.126 e. The maximum atomic E-state index is 12.7. The van der Waals surface area contributed by atoms with Crippen molar-refractivity contribution in [3.63, 3.8) is 0 Å². The summed E-state index contributed by atoms with van der Waals surface area (Å²) in [6, 6.07) is 4.60. The standard InChI is InChI=1S/C9H9FN2/c1-9(2,6-11)8-5-7(10)3-4-12-8/h3-5H,1-2H3. The lowest BCUT2D eigenvalue weighted by Crippen LogP contribution is -2.15. The number of halogens is 1. The zero-order valence-corrected chi connectivity index (χ0v) is 7.00. The van der Waals surface area contributed by atoms with Gasteiger partial charge in [0.2, 0.25) is 0 Å². The second-order valence-corrected chi connectivity index (χ2v) is 3.10. The fourth-order valence-corrected chi connectivity index (χ4v) is 0.804. The van der Waals surface area contributed by atoms with Crippen molar-refractivity contribution in [1.29, 1.82) is 5.26 Å². The number of rotatable bonds is 1. The van der Waals surface area contributed by atoms with Gasteiger partial charge in [-0.3, -0.25) is 4.98 Å². The third-order valence-corrected chi connectivity index (χ3v) is 1.64.